The van der Waals surface area contributed by atoms with E-state index >= 15 is 0 Å². The zero-order valence-corrected chi connectivity index (χ0v) is 8.23. The molecule has 1 rings (SSSR count). The minimum Gasteiger partial charge on any atom is -0.382 e. The summed E-state index contributed by atoms with van der Waals surface area (Å²) in [5.41, 5.74) is 0. The van der Waals surface area contributed by atoms with Crippen LogP contribution < -0.4 is 0 Å². The van der Waals surface area contributed by atoms with Gasteiger partial charge in [-0.1, -0.05) is 0 Å². The Hall–Kier alpha value is -0.0951. The molecule has 0 amide bonds. The average molecular weight is 186 g/mol. The molecule has 0 saturated carbocycles. The number of hydrogen-bond donors (Lipinski definition) is 0. The van der Waals surface area contributed by atoms with Crippen molar-refractivity contribution < 1.29 is 18.9 Å². The molecule has 5 heteroatoms. The molecule has 1 heterocycles. The van der Waals surface area contributed by atoms with Crippen LogP contribution in [0.1, 0.15) is 0 Å². The van der Waals surface area contributed by atoms with Gasteiger partial charge in [0.05, 0.1) is 6.61 Å². The van der Waals surface area contributed by atoms with E-state index in [1.54, 1.807) is 21.3 Å². The molecule has 0 spiro atoms. The molecule has 0 aliphatic carbocycles. The van der Waals surface area contributed by atoms with Gasteiger partial charge in [0.25, 0.3) is 0 Å². The van der Waals surface area contributed by atoms with E-state index in [9.17, 15) is 0 Å². The van der Waals surface area contributed by atoms with Gasteiger partial charge in [-0.15, -0.1) is 0 Å². The molecule has 0 N–H and O–H groups in total. The third-order valence-electron chi connectivity index (χ3n) is 2.22. The van der Waals surface area contributed by atoms with Crippen LogP contribution >= 0.6 is 0 Å². The number of methoxy groups -OCH3 is 3. The second kappa shape index (κ2) is 4.95. The fourth-order valence-corrected chi connectivity index (χ4v) is 1.61. The Morgan fingerprint density at radius 3 is 2.23 bits per heavy atom. The molecule has 1 aliphatic rings. The summed E-state index contributed by atoms with van der Waals surface area (Å²) in [6, 6.07) is -0.435. The van der Waals surface area contributed by atoms with Crippen molar-refractivity contribution in [3.63, 3.8) is 0 Å². The van der Waals surface area contributed by atoms with Crippen molar-refractivity contribution in [1.29, 1.82) is 0 Å². The van der Waals surface area contributed by atoms with Crippen LogP contribution in [0.25, 0.3) is 0 Å². The molecule has 4 nitrogen and oxygen atoms in total. The molecule has 1 saturated heterocycles. The summed E-state index contributed by atoms with van der Waals surface area (Å²) in [4.78, 5) is 0. The largest absolute Gasteiger partial charge is 0.382 e. The minimum atomic E-state index is -0.435. The zero-order valence-electron chi connectivity index (χ0n) is 8.23. The first kappa shape index (κ1) is 11.0. The van der Waals surface area contributed by atoms with Gasteiger partial charge in [0, 0.05) is 27.3 Å². The molecule has 0 aromatic carbocycles. The first-order valence-electron chi connectivity index (χ1n) is 4.20. The summed E-state index contributed by atoms with van der Waals surface area (Å²) in [7, 11) is 10.5. The Morgan fingerprint density at radius 1 is 1.15 bits per heavy atom. The van der Waals surface area contributed by atoms with Crippen LogP contribution in [0.15, 0.2) is 0 Å². The van der Waals surface area contributed by atoms with Crippen LogP contribution in [0.2, 0.25) is 0 Å². The van der Waals surface area contributed by atoms with Gasteiger partial charge in [-0.3, -0.25) is 0 Å². The quantitative estimate of drug-likeness (QED) is 0.557. The summed E-state index contributed by atoms with van der Waals surface area (Å²) < 4.78 is 20.8. The Kier molecular flexibility index (Phi) is 4.19. The second-order valence-corrected chi connectivity index (χ2v) is 3.00. The van der Waals surface area contributed by atoms with Crippen molar-refractivity contribution in [3.8, 4) is 0 Å². The first-order valence-corrected chi connectivity index (χ1v) is 4.20. The molecule has 0 bridgehead atoms. The van der Waals surface area contributed by atoms with Gasteiger partial charge in [-0.25, -0.2) is 0 Å². The maximum Gasteiger partial charge on any atom is 0.113 e. The van der Waals surface area contributed by atoms with E-state index in [-0.39, 0.29) is 18.3 Å². The molecule has 74 valence electrons. The minimum absolute atomic E-state index is 0.144. The van der Waals surface area contributed by atoms with Crippen molar-refractivity contribution in [2.75, 3.05) is 27.9 Å². The smallest absolute Gasteiger partial charge is 0.113 e. The summed E-state index contributed by atoms with van der Waals surface area (Å²) in [6.45, 7) is 0.464. The van der Waals surface area contributed by atoms with Crippen LogP contribution in [-0.4, -0.2) is 60.1 Å². The maximum atomic E-state index is 5.69. The van der Waals surface area contributed by atoms with E-state index < -0.39 is 6.00 Å². The molecule has 2 radical (unpaired) electrons. The molecule has 13 heavy (non-hydrogen) atoms. The molecular formula is C8H15BO4. The third kappa shape index (κ3) is 2.23. The number of hydrogen-bond acceptors (Lipinski definition) is 4. The van der Waals surface area contributed by atoms with Crippen LogP contribution in [0, 0.1) is 0 Å². The Bertz CT molecular complexity index is 155. The summed E-state index contributed by atoms with van der Waals surface area (Å²) >= 11 is 0. The van der Waals surface area contributed by atoms with Crippen molar-refractivity contribution >= 4 is 7.85 Å². The van der Waals surface area contributed by atoms with Gasteiger partial charge >= 0.3 is 0 Å². The monoisotopic (exact) mass is 186 g/mol. The van der Waals surface area contributed by atoms with Crippen molar-refractivity contribution in [2.24, 2.45) is 0 Å². The van der Waals surface area contributed by atoms with Crippen LogP contribution in [0.3, 0.4) is 0 Å². The lowest BCUT2D eigenvalue weighted by molar-refractivity contribution is -0.0463. The van der Waals surface area contributed by atoms with Gasteiger partial charge in [0.1, 0.15) is 26.2 Å². The lowest BCUT2D eigenvalue weighted by atomic mass is 9.93. The van der Waals surface area contributed by atoms with Crippen LogP contribution in [0.5, 0.6) is 0 Å². The fraction of sp³-hybridized carbons (Fsp3) is 1.00. The molecule has 0 aromatic heterocycles. The van der Waals surface area contributed by atoms with Crippen LogP contribution in [-0.2, 0) is 18.9 Å². The highest BCUT2D eigenvalue weighted by Gasteiger charge is 2.42. The normalized spacial score (nSPS) is 39.6. The molecule has 1 unspecified atom stereocenters. The fourth-order valence-electron chi connectivity index (χ4n) is 1.61. The van der Waals surface area contributed by atoms with E-state index in [2.05, 4.69) is 0 Å². The predicted molar refractivity (Wildman–Crippen MR) is 47.9 cm³/mol. The van der Waals surface area contributed by atoms with Crippen molar-refractivity contribution in [3.05, 3.63) is 0 Å². The number of rotatable bonds is 4. The van der Waals surface area contributed by atoms with E-state index in [0.717, 1.165) is 0 Å². The Balaban J connectivity index is 2.57. The van der Waals surface area contributed by atoms with Gasteiger partial charge in [-0.05, 0) is 0 Å². The Morgan fingerprint density at radius 2 is 1.77 bits per heavy atom. The molecular weight excluding hydrogens is 171 g/mol. The highest BCUT2D eigenvalue weighted by Crippen LogP contribution is 2.24. The summed E-state index contributed by atoms with van der Waals surface area (Å²) in [5.74, 6) is 0. The average Bonchev–Trinajstić information content (AvgIpc) is 2.41. The third-order valence-corrected chi connectivity index (χ3v) is 2.22. The first-order chi connectivity index (χ1) is 6.24. The molecule has 4 atom stereocenters. The molecule has 0 aromatic rings. The van der Waals surface area contributed by atoms with E-state index in [1.165, 1.54) is 0 Å². The predicted octanol–water partition coefficient (Wildman–Crippen LogP) is -0.444. The zero-order chi connectivity index (χ0) is 9.84. The lowest BCUT2D eigenvalue weighted by Gasteiger charge is -2.20. The van der Waals surface area contributed by atoms with Gasteiger partial charge in [-0.2, -0.15) is 0 Å². The molecule has 1 aliphatic heterocycles. The van der Waals surface area contributed by atoms with Gasteiger partial charge in [0.2, 0.25) is 0 Å². The van der Waals surface area contributed by atoms with Crippen molar-refractivity contribution in [1.82, 2.24) is 0 Å². The van der Waals surface area contributed by atoms with E-state index in [4.69, 9.17) is 26.8 Å². The standard InChI is InChI=1S/C8H15BO4/c1-10-4-5-6(11-2)7(12-3)8(9)13-5/h5-8H,4H2,1-3H3/t5-,6+,7?,8-/m1/s1. The Labute approximate surface area is 79.9 Å². The SMILES string of the molecule is [B][C@@H]1O[C@H](COC)[C@H](OC)C1OC. The van der Waals surface area contributed by atoms with Crippen molar-refractivity contribution in [2.45, 2.75) is 24.3 Å². The highest BCUT2D eigenvalue weighted by molar-refractivity contribution is 6.11. The summed E-state index contributed by atoms with van der Waals surface area (Å²) in [6.07, 6.45) is -0.514. The van der Waals surface area contributed by atoms with E-state index in [1.807, 2.05) is 0 Å². The maximum absolute atomic E-state index is 5.69. The lowest BCUT2D eigenvalue weighted by Crippen LogP contribution is -2.37. The molecule has 1 fully saturated rings. The highest BCUT2D eigenvalue weighted by atomic mass is 16.6. The van der Waals surface area contributed by atoms with Crippen LogP contribution in [0.4, 0.5) is 0 Å². The second-order valence-electron chi connectivity index (χ2n) is 3.00. The number of ether oxygens (including phenoxy) is 4. The van der Waals surface area contributed by atoms with E-state index in [0.29, 0.717) is 6.61 Å². The van der Waals surface area contributed by atoms with Gasteiger partial charge < -0.3 is 18.9 Å². The summed E-state index contributed by atoms with van der Waals surface area (Å²) in [5, 5.41) is 0. The van der Waals surface area contributed by atoms with Gasteiger partial charge in [0.15, 0.2) is 0 Å². The topological polar surface area (TPSA) is 36.9 Å².